The van der Waals surface area contributed by atoms with Gasteiger partial charge in [-0.15, -0.1) is 0 Å². The molecule has 0 aliphatic heterocycles. The van der Waals surface area contributed by atoms with Crippen LogP contribution >= 0.6 is 0 Å². The average Bonchev–Trinajstić information content (AvgIpc) is 2.59. The van der Waals surface area contributed by atoms with Gasteiger partial charge in [-0.05, 0) is 42.1 Å². The molecule has 3 aromatic rings. The van der Waals surface area contributed by atoms with E-state index >= 15 is 0 Å². The molecule has 2 aromatic heterocycles. The normalized spacial score (nSPS) is 9.26. The number of nitrogens with one attached hydrogen (secondary N) is 1. The van der Waals surface area contributed by atoms with Crippen molar-refractivity contribution in [3.63, 3.8) is 0 Å². The Morgan fingerprint density at radius 1 is 0.957 bits per heavy atom. The Morgan fingerprint density at radius 3 is 2.35 bits per heavy atom. The van der Waals surface area contributed by atoms with E-state index in [2.05, 4.69) is 41.3 Å². The Balaban J connectivity index is 0.000000799. The fourth-order valence-electron chi connectivity index (χ4n) is 1.85. The first-order chi connectivity index (χ1) is 11.2. The number of aromatic nitrogens is 2. The molecule has 0 saturated heterocycles. The third-order valence-corrected chi connectivity index (χ3v) is 2.82. The molecular weight excluding hydrogens is 282 g/mol. The molecule has 0 spiro atoms. The van der Waals surface area contributed by atoms with Crippen LogP contribution in [0.25, 0.3) is 10.8 Å². The monoisotopic (exact) mass is 311 g/mol. The van der Waals surface area contributed by atoms with Gasteiger partial charge in [0.15, 0.2) is 0 Å². The van der Waals surface area contributed by atoms with E-state index in [-0.39, 0.29) is 1.43 Å². The van der Waals surface area contributed by atoms with Crippen LogP contribution in [0.1, 0.15) is 41.1 Å². The number of fused-ring (bicyclic) bond motifs is 1. The number of benzene rings is 1. The van der Waals surface area contributed by atoms with E-state index in [9.17, 15) is 0 Å². The molecule has 0 radical (unpaired) electrons. The number of nitrogens with zero attached hydrogens (tertiary/aromatic N) is 2. The lowest BCUT2D eigenvalue weighted by molar-refractivity contribution is 1.09. The van der Waals surface area contributed by atoms with Crippen molar-refractivity contribution >= 4 is 22.3 Å². The number of hydrogen-bond donors (Lipinski definition) is 1. The lowest BCUT2D eigenvalue weighted by atomic mass is 10.1. The number of anilines is 2. The van der Waals surface area contributed by atoms with Crippen molar-refractivity contribution in [2.24, 2.45) is 0 Å². The molecule has 0 amide bonds. The quantitative estimate of drug-likeness (QED) is 0.597. The minimum atomic E-state index is 0. The maximum absolute atomic E-state index is 4.33. The molecule has 23 heavy (non-hydrogen) atoms. The van der Waals surface area contributed by atoms with Crippen molar-refractivity contribution < 1.29 is 1.43 Å². The van der Waals surface area contributed by atoms with Gasteiger partial charge in [-0.2, -0.15) is 0 Å². The van der Waals surface area contributed by atoms with Crippen LogP contribution in [0.15, 0.2) is 55.0 Å². The summed E-state index contributed by atoms with van der Waals surface area (Å²) in [6, 6.07) is 12.2. The third kappa shape index (κ3) is 6.07. The van der Waals surface area contributed by atoms with E-state index in [0.29, 0.717) is 0 Å². The van der Waals surface area contributed by atoms with Gasteiger partial charge in [-0.25, -0.2) is 4.98 Å². The van der Waals surface area contributed by atoms with Crippen molar-refractivity contribution in [2.45, 2.75) is 41.0 Å². The predicted molar refractivity (Wildman–Crippen MR) is 103 cm³/mol. The van der Waals surface area contributed by atoms with Gasteiger partial charge in [-0.1, -0.05) is 46.2 Å². The van der Waals surface area contributed by atoms with E-state index < -0.39 is 0 Å². The van der Waals surface area contributed by atoms with E-state index in [1.54, 1.807) is 6.20 Å². The second-order valence-corrected chi connectivity index (χ2v) is 4.99. The molecule has 3 nitrogen and oxygen atoms in total. The lowest BCUT2D eigenvalue weighted by Gasteiger charge is -2.06. The van der Waals surface area contributed by atoms with Gasteiger partial charge in [0.1, 0.15) is 5.82 Å². The van der Waals surface area contributed by atoms with Gasteiger partial charge in [0, 0.05) is 31.1 Å². The highest BCUT2D eigenvalue weighted by molar-refractivity contribution is 5.85. The molecule has 1 N–H and O–H groups in total. The molecule has 124 valence electrons. The third-order valence-electron chi connectivity index (χ3n) is 2.82. The molecule has 0 saturated carbocycles. The summed E-state index contributed by atoms with van der Waals surface area (Å²) in [6.45, 7) is 10.3. The Hall–Kier alpha value is -2.42. The predicted octanol–water partition coefficient (Wildman–Crippen LogP) is 6.37. The largest absolute Gasteiger partial charge is 0.340 e. The lowest BCUT2D eigenvalue weighted by Crippen LogP contribution is -1.93. The summed E-state index contributed by atoms with van der Waals surface area (Å²) in [6.07, 6.45) is 6.77. The van der Waals surface area contributed by atoms with Crippen molar-refractivity contribution in [2.75, 3.05) is 5.32 Å². The Kier molecular flexibility index (Phi) is 8.37. The molecule has 3 heteroatoms. The van der Waals surface area contributed by atoms with E-state index in [1.807, 2.05) is 57.4 Å². The zero-order chi connectivity index (χ0) is 17.1. The van der Waals surface area contributed by atoms with Crippen molar-refractivity contribution in [1.29, 1.82) is 0 Å². The number of rotatable bonds is 2. The summed E-state index contributed by atoms with van der Waals surface area (Å²) in [5, 5.41) is 5.60. The molecule has 2 heterocycles. The fourth-order valence-corrected chi connectivity index (χ4v) is 1.85. The maximum Gasteiger partial charge on any atom is 0.130 e. The molecule has 0 aliphatic carbocycles. The molecule has 3 rings (SSSR count). The Morgan fingerprint density at radius 2 is 1.70 bits per heavy atom. The first-order valence-electron chi connectivity index (χ1n) is 8.26. The van der Waals surface area contributed by atoms with Crippen molar-refractivity contribution in [3.8, 4) is 0 Å². The molecule has 0 fully saturated rings. The van der Waals surface area contributed by atoms with Crippen LogP contribution in [0.2, 0.25) is 0 Å². The summed E-state index contributed by atoms with van der Waals surface area (Å²) in [4.78, 5) is 8.43. The minimum absolute atomic E-state index is 0. The van der Waals surface area contributed by atoms with Crippen LogP contribution in [-0.2, 0) is 0 Å². The number of hydrogen-bond acceptors (Lipinski definition) is 3. The summed E-state index contributed by atoms with van der Waals surface area (Å²) in [7, 11) is 0. The Bertz CT molecular complexity index is 697. The second kappa shape index (κ2) is 10.3. The molecule has 0 aliphatic rings. The minimum Gasteiger partial charge on any atom is -0.340 e. The van der Waals surface area contributed by atoms with Crippen LogP contribution in [0.4, 0.5) is 11.5 Å². The van der Waals surface area contributed by atoms with Gasteiger partial charge in [0.25, 0.3) is 0 Å². The highest BCUT2D eigenvalue weighted by Gasteiger charge is 1.98. The number of aryl methyl sites for hydroxylation is 1. The smallest absolute Gasteiger partial charge is 0.130 e. The zero-order valence-electron chi connectivity index (χ0n) is 14.8. The van der Waals surface area contributed by atoms with Crippen LogP contribution in [0, 0.1) is 6.92 Å². The molecule has 0 atom stereocenters. The average molecular weight is 311 g/mol. The van der Waals surface area contributed by atoms with Gasteiger partial charge >= 0.3 is 0 Å². The van der Waals surface area contributed by atoms with Gasteiger partial charge < -0.3 is 5.32 Å². The molecule has 0 bridgehead atoms. The van der Waals surface area contributed by atoms with E-state index in [4.69, 9.17) is 0 Å². The van der Waals surface area contributed by atoms with Crippen molar-refractivity contribution in [1.82, 2.24) is 9.97 Å². The summed E-state index contributed by atoms with van der Waals surface area (Å²) in [5.74, 6) is 0.856. The molecular formula is C20H29N3. The second-order valence-electron chi connectivity index (χ2n) is 4.99. The van der Waals surface area contributed by atoms with Gasteiger partial charge in [-0.3, -0.25) is 4.98 Å². The summed E-state index contributed by atoms with van der Waals surface area (Å²) < 4.78 is 0. The summed E-state index contributed by atoms with van der Waals surface area (Å²) in [5.41, 5.74) is 2.19. The highest BCUT2D eigenvalue weighted by atomic mass is 15.0. The van der Waals surface area contributed by atoms with Crippen LogP contribution in [0.5, 0.6) is 0 Å². The SMILES string of the molecule is CC.CCC.Cc1ccc(Nc2ccc3cnccc3c2)nc1.[HH]. The first-order valence-corrected chi connectivity index (χ1v) is 8.26. The molecule has 1 aromatic carbocycles. The molecule has 0 unspecified atom stereocenters. The fraction of sp³-hybridized carbons (Fsp3) is 0.300. The Labute approximate surface area is 141 Å². The van der Waals surface area contributed by atoms with Crippen LogP contribution < -0.4 is 5.32 Å². The first kappa shape index (κ1) is 18.6. The van der Waals surface area contributed by atoms with Crippen LogP contribution in [-0.4, -0.2) is 9.97 Å². The van der Waals surface area contributed by atoms with Gasteiger partial charge in [0.05, 0.1) is 0 Å². The maximum atomic E-state index is 4.33. The van der Waals surface area contributed by atoms with Crippen LogP contribution in [0.3, 0.4) is 0 Å². The van der Waals surface area contributed by atoms with Crippen molar-refractivity contribution in [3.05, 3.63) is 60.6 Å². The highest BCUT2D eigenvalue weighted by Crippen LogP contribution is 2.20. The number of pyridine rings is 2. The van der Waals surface area contributed by atoms with E-state index in [0.717, 1.165) is 22.5 Å². The van der Waals surface area contributed by atoms with E-state index in [1.165, 1.54) is 11.8 Å². The summed E-state index contributed by atoms with van der Waals surface area (Å²) >= 11 is 0. The standard InChI is InChI=1S/C15H13N3.C3H8.C2H6.H2/c1-11-2-5-15(17-9-11)18-14-4-3-13-10-16-7-6-12(13)8-14;1-3-2;1-2;/h2-10H,1H3,(H,17,18);3H2,1-2H3;1-2H3;1H. The topological polar surface area (TPSA) is 37.8 Å². The van der Waals surface area contributed by atoms with Gasteiger partial charge in [0.2, 0.25) is 0 Å². The zero-order valence-corrected chi connectivity index (χ0v) is 14.8.